The summed E-state index contributed by atoms with van der Waals surface area (Å²) in [5, 5.41) is 0. The second-order valence-electron chi connectivity index (χ2n) is 13.2. The Morgan fingerprint density at radius 1 is 0.917 bits per heavy atom. The van der Waals surface area contributed by atoms with Crippen molar-refractivity contribution in [2.45, 2.75) is 70.9 Å². The Morgan fingerprint density at radius 3 is 2.42 bits per heavy atom. The van der Waals surface area contributed by atoms with Crippen molar-refractivity contribution >= 4 is 37.2 Å². The number of hydrogen-bond acceptors (Lipinski definition) is 8. The summed E-state index contributed by atoms with van der Waals surface area (Å²) in [5.41, 5.74) is 3.22. The highest BCUT2D eigenvalue weighted by Crippen LogP contribution is 2.44. The monoisotopic (exact) mass is 674 g/mol. The summed E-state index contributed by atoms with van der Waals surface area (Å²) >= 11 is 0. The van der Waals surface area contributed by atoms with Crippen LogP contribution < -0.4 is 24.0 Å². The van der Waals surface area contributed by atoms with E-state index in [-0.39, 0.29) is 31.1 Å². The van der Waals surface area contributed by atoms with Crippen LogP contribution in [0.4, 0.5) is 11.4 Å². The van der Waals surface area contributed by atoms with E-state index < -0.39 is 14.1 Å². The lowest BCUT2D eigenvalue weighted by atomic mass is 10.1. The minimum absolute atomic E-state index is 0.00318. The molecule has 1 unspecified atom stereocenters. The number of fused-ring (bicyclic) bond motifs is 4. The Kier molecular flexibility index (Phi) is 11.4. The van der Waals surface area contributed by atoms with Crippen LogP contribution in [0.15, 0.2) is 60.7 Å². The van der Waals surface area contributed by atoms with Crippen molar-refractivity contribution in [3.05, 3.63) is 77.4 Å². The van der Waals surface area contributed by atoms with E-state index in [0.29, 0.717) is 79.7 Å². The van der Waals surface area contributed by atoms with Crippen LogP contribution in [0.2, 0.25) is 25.7 Å². The molecule has 256 valence electrons. The number of esters is 1. The molecule has 0 radical (unpaired) electrons. The first-order valence-corrected chi connectivity index (χ1v) is 20.3. The summed E-state index contributed by atoms with van der Waals surface area (Å²) < 4.78 is 29.2. The fourth-order valence-electron chi connectivity index (χ4n) is 5.77. The molecule has 48 heavy (non-hydrogen) atoms. The Labute approximate surface area is 283 Å². The molecule has 0 bridgehead atoms. The lowest BCUT2D eigenvalue weighted by Gasteiger charge is -2.27. The molecule has 2 amide bonds. The number of carbonyl (C=O) groups is 3. The van der Waals surface area contributed by atoms with Crippen molar-refractivity contribution in [3.63, 3.8) is 0 Å². The van der Waals surface area contributed by atoms with E-state index >= 15 is 0 Å². The smallest absolute Gasteiger partial charge is 0.305 e. The van der Waals surface area contributed by atoms with Crippen LogP contribution in [0.25, 0.3) is 0 Å². The Bertz CT molecular complexity index is 1610. The summed E-state index contributed by atoms with van der Waals surface area (Å²) in [6.45, 7) is 10.0. The second-order valence-corrected chi connectivity index (χ2v) is 18.8. The van der Waals surface area contributed by atoms with E-state index in [4.69, 9.17) is 23.7 Å². The minimum Gasteiger partial charge on any atom is -0.497 e. The van der Waals surface area contributed by atoms with Crippen LogP contribution in [-0.4, -0.2) is 65.6 Å². The van der Waals surface area contributed by atoms with E-state index in [2.05, 4.69) is 19.6 Å². The number of amides is 2. The molecule has 3 aromatic carbocycles. The molecule has 0 aliphatic carbocycles. The maximum atomic E-state index is 14.5. The lowest BCUT2D eigenvalue weighted by Crippen LogP contribution is -2.47. The quantitative estimate of drug-likeness (QED) is 0.0950. The largest absolute Gasteiger partial charge is 0.497 e. The van der Waals surface area contributed by atoms with E-state index in [1.165, 1.54) is 0 Å². The highest BCUT2D eigenvalue weighted by molar-refractivity contribution is 6.76. The van der Waals surface area contributed by atoms with Crippen LogP contribution in [-0.2, 0) is 32.1 Å². The normalized spacial score (nSPS) is 15.4. The summed E-state index contributed by atoms with van der Waals surface area (Å²) in [6.07, 6.45) is 1.87. The van der Waals surface area contributed by atoms with Crippen LogP contribution in [0.3, 0.4) is 0 Å². The number of ether oxygens (including phenoxy) is 5. The zero-order valence-electron chi connectivity index (χ0n) is 28.6. The zero-order valence-corrected chi connectivity index (χ0v) is 29.6. The van der Waals surface area contributed by atoms with Crippen molar-refractivity contribution in [1.29, 1.82) is 0 Å². The zero-order chi connectivity index (χ0) is 34.3. The number of hydrogen-bond donors (Lipinski definition) is 0. The maximum Gasteiger partial charge on any atom is 0.305 e. The van der Waals surface area contributed by atoms with Gasteiger partial charge in [0, 0.05) is 39.7 Å². The number of methoxy groups -OCH3 is 1. The first kappa shape index (κ1) is 35.0. The second kappa shape index (κ2) is 15.7. The Hall–Kier alpha value is -4.35. The fraction of sp³-hybridized carbons (Fsp3) is 0.432. The minimum atomic E-state index is -1.38. The van der Waals surface area contributed by atoms with Crippen molar-refractivity contribution in [3.8, 4) is 17.2 Å². The van der Waals surface area contributed by atoms with E-state index in [1.807, 2.05) is 42.5 Å². The van der Waals surface area contributed by atoms with Crippen LogP contribution in [0.5, 0.6) is 17.2 Å². The first-order valence-electron chi connectivity index (χ1n) is 16.6. The van der Waals surface area contributed by atoms with Crippen LogP contribution in [0, 0.1) is 0 Å². The molecule has 0 spiro atoms. The van der Waals surface area contributed by atoms with Gasteiger partial charge in [0.25, 0.3) is 11.8 Å². The van der Waals surface area contributed by atoms with Crippen molar-refractivity contribution in [2.24, 2.45) is 0 Å². The van der Waals surface area contributed by atoms with Gasteiger partial charge in [0.15, 0.2) is 11.5 Å². The molecule has 2 aliphatic rings. The number of anilines is 2. The van der Waals surface area contributed by atoms with Gasteiger partial charge in [0.1, 0.15) is 25.1 Å². The fourth-order valence-corrected chi connectivity index (χ4v) is 6.53. The third-order valence-electron chi connectivity index (χ3n) is 8.42. The predicted octanol–water partition coefficient (Wildman–Crippen LogP) is 6.62. The molecule has 0 saturated heterocycles. The molecular formula is C37H46N2O8Si. The van der Waals surface area contributed by atoms with Gasteiger partial charge < -0.3 is 23.7 Å². The highest BCUT2D eigenvalue weighted by Gasteiger charge is 2.45. The Balaban J connectivity index is 1.51. The van der Waals surface area contributed by atoms with Gasteiger partial charge in [-0.05, 0) is 49.1 Å². The molecule has 0 saturated carbocycles. The molecule has 11 heteroatoms. The Morgan fingerprint density at radius 2 is 1.69 bits per heavy atom. The molecule has 3 aromatic rings. The molecule has 2 heterocycles. The van der Waals surface area contributed by atoms with Crippen LogP contribution in [0.1, 0.15) is 47.7 Å². The maximum absolute atomic E-state index is 14.5. The molecule has 1 atom stereocenters. The molecular weight excluding hydrogens is 628 g/mol. The number of unbranched alkanes of at least 4 members (excludes halogenated alkanes) is 1. The van der Waals surface area contributed by atoms with Crippen molar-refractivity contribution < 1.29 is 38.1 Å². The predicted molar refractivity (Wildman–Crippen MR) is 187 cm³/mol. The van der Waals surface area contributed by atoms with Crippen LogP contribution >= 0.6 is 0 Å². The molecule has 2 aliphatic heterocycles. The third-order valence-corrected chi connectivity index (χ3v) is 10.1. The van der Waals surface area contributed by atoms with E-state index in [0.717, 1.165) is 17.2 Å². The summed E-state index contributed by atoms with van der Waals surface area (Å²) in [7, 11) is 0.194. The molecule has 0 aromatic heterocycles. The number of carbonyl (C=O) groups excluding carboxylic acids is 3. The van der Waals surface area contributed by atoms with Gasteiger partial charge in [-0.1, -0.05) is 56.0 Å². The SMILES string of the molecule is CCOC(=O)CCCCOc1cc2c(cc1OCc1ccccc1)C(=O)N1c3cc(OC)ccc3CC1C(=O)N2COCC[Si](C)(C)C. The van der Waals surface area contributed by atoms with Gasteiger partial charge >= 0.3 is 5.97 Å². The van der Waals surface area contributed by atoms with Gasteiger partial charge in [0.05, 0.1) is 37.3 Å². The average molecular weight is 675 g/mol. The van der Waals surface area contributed by atoms with E-state index in [1.54, 1.807) is 42.0 Å². The van der Waals surface area contributed by atoms with Gasteiger partial charge in [-0.2, -0.15) is 0 Å². The first-order chi connectivity index (χ1) is 23.1. The summed E-state index contributed by atoms with van der Waals surface area (Å²) in [5.74, 6) is 0.596. The summed E-state index contributed by atoms with van der Waals surface area (Å²) in [6, 6.07) is 18.9. The standard InChI is InChI=1S/C37H46N2O8Si/c1-6-45-35(40)14-10-11-17-46-34-23-31-29(22-33(34)47-24-26-12-8-7-9-13-26)36(41)39-30-21-28(43-2)16-15-27(30)20-32(39)37(42)38(31)25-44-18-19-48(3,4)5/h7-9,12-13,15-16,21-23,32H,6,10-11,14,17-20,24-25H2,1-5H3. The van der Waals surface area contributed by atoms with Gasteiger partial charge in [-0.25, -0.2) is 0 Å². The van der Waals surface area contributed by atoms with Crippen molar-refractivity contribution in [1.82, 2.24) is 0 Å². The number of rotatable bonds is 16. The van der Waals surface area contributed by atoms with E-state index in [9.17, 15) is 14.4 Å². The highest BCUT2D eigenvalue weighted by atomic mass is 28.3. The average Bonchev–Trinajstić information content (AvgIpc) is 3.42. The third kappa shape index (κ3) is 8.37. The molecule has 0 fully saturated rings. The van der Waals surface area contributed by atoms with Gasteiger partial charge in [-0.15, -0.1) is 0 Å². The number of nitrogens with zero attached hydrogens (tertiary/aromatic N) is 2. The van der Waals surface area contributed by atoms with Crippen molar-refractivity contribution in [2.75, 3.05) is 43.5 Å². The molecule has 5 rings (SSSR count). The van der Waals surface area contributed by atoms with Gasteiger partial charge in [-0.3, -0.25) is 24.2 Å². The number of benzene rings is 3. The molecule has 0 N–H and O–H groups in total. The topological polar surface area (TPSA) is 104 Å². The van der Waals surface area contributed by atoms with Gasteiger partial charge in [0.2, 0.25) is 0 Å². The lowest BCUT2D eigenvalue weighted by molar-refractivity contribution is -0.143. The summed E-state index contributed by atoms with van der Waals surface area (Å²) in [4.78, 5) is 43.9. The molecule has 10 nitrogen and oxygen atoms in total.